The van der Waals surface area contributed by atoms with Crippen LogP contribution in [0.2, 0.25) is 0 Å². The lowest BCUT2D eigenvalue weighted by molar-refractivity contribution is -0.100. The van der Waals surface area contributed by atoms with E-state index in [9.17, 15) is 0 Å². The van der Waals surface area contributed by atoms with E-state index in [2.05, 4.69) is 4.99 Å². The van der Waals surface area contributed by atoms with Gasteiger partial charge in [-0.3, -0.25) is 9.83 Å². The minimum atomic E-state index is 0.520. The molecule has 0 spiro atoms. The van der Waals surface area contributed by atoms with Crippen LogP contribution in [-0.4, -0.2) is 24.9 Å². The fourth-order valence-corrected chi connectivity index (χ4v) is 1.33. The van der Waals surface area contributed by atoms with Crippen molar-refractivity contribution in [1.82, 2.24) is 5.06 Å². The maximum absolute atomic E-state index is 5.35. The first-order valence-corrected chi connectivity index (χ1v) is 4.61. The Labute approximate surface area is 82.3 Å². The normalized spacial score (nSPS) is 14.2. The van der Waals surface area contributed by atoms with Crippen LogP contribution in [0.1, 0.15) is 0 Å². The van der Waals surface area contributed by atoms with Crippen molar-refractivity contribution in [2.24, 2.45) is 10.7 Å². The molecule has 0 unspecified atom stereocenters. The molecular formula is C10H13N3O. The molecule has 2 N–H and O–H groups in total. The van der Waals surface area contributed by atoms with Crippen molar-refractivity contribution >= 4 is 6.20 Å². The van der Waals surface area contributed by atoms with E-state index in [4.69, 9.17) is 10.6 Å². The van der Waals surface area contributed by atoms with Crippen molar-refractivity contribution in [3.63, 3.8) is 0 Å². The van der Waals surface area contributed by atoms with Crippen molar-refractivity contribution in [1.29, 1.82) is 0 Å². The second-order valence-corrected chi connectivity index (χ2v) is 3.03. The molecule has 74 valence electrons. The molecule has 0 aromatic heterocycles. The van der Waals surface area contributed by atoms with Crippen LogP contribution in [0.15, 0.2) is 29.3 Å². The topological polar surface area (TPSA) is 50.9 Å². The molecule has 0 saturated carbocycles. The number of rotatable bonds is 3. The average molecular weight is 191 g/mol. The molecule has 4 nitrogen and oxygen atoms in total. The summed E-state index contributed by atoms with van der Waals surface area (Å²) < 4.78 is 0. The lowest BCUT2D eigenvalue weighted by Crippen LogP contribution is -2.36. The number of nitrogens with zero attached hydrogens (tertiary/aromatic N) is 2. The van der Waals surface area contributed by atoms with E-state index in [0.29, 0.717) is 19.8 Å². The zero-order valence-corrected chi connectivity index (χ0v) is 7.89. The molecule has 1 aromatic carbocycles. The van der Waals surface area contributed by atoms with Crippen LogP contribution in [0.5, 0.6) is 0 Å². The third-order valence-electron chi connectivity index (χ3n) is 1.98. The van der Waals surface area contributed by atoms with E-state index < -0.39 is 0 Å². The van der Waals surface area contributed by atoms with Gasteiger partial charge in [0, 0.05) is 18.0 Å². The predicted molar refractivity (Wildman–Crippen MR) is 53.4 cm³/mol. The van der Waals surface area contributed by atoms with Gasteiger partial charge in [0.1, 0.15) is 6.67 Å². The van der Waals surface area contributed by atoms with Gasteiger partial charge in [-0.1, -0.05) is 18.2 Å². The molecule has 1 aliphatic heterocycles. The smallest absolute Gasteiger partial charge is 0.135 e. The summed E-state index contributed by atoms with van der Waals surface area (Å²) in [4.78, 5) is 9.70. The molecule has 0 amide bonds. The van der Waals surface area contributed by atoms with Gasteiger partial charge in [-0.05, 0) is 6.07 Å². The van der Waals surface area contributed by atoms with E-state index in [-0.39, 0.29) is 0 Å². The molecule has 4 heteroatoms. The highest BCUT2D eigenvalue weighted by Crippen LogP contribution is 1.93. The van der Waals surface area contributed by atoms with Gasteiger partial charge < -0.3 is 5.73 Å². The summed E-state index contributed by atoms with van der Waals surface area (Å²) >= 11 is 0. The van der Waals surface area contributed by atoms with Crippen LogP contribution in [0, 0.1) is 0 Å². The number of hydroxylamine groups is 2. The molecular weight excluding hydrogens is 178 g/mol. The molecule has 0 aliphatic carbocycles. The lowest BCUT2D eigenvalue weighted by atomic mass is 10.3. The molecule has 14 heavy (non-hydrogen) atoms. The van der Waals surface area contributed by atoms with Gasteiger partial charge in [0.25, 0.3) is 0 Å². The van der Waals surface area contributed by atoms with Crippen LogP contribution in [0.3, 0.4) is 0 Å². The molecule has 0 fully saturated rings. The average Bonchev–Trinajstić information content (AvgIpc) is 2.26. The number of hydrogen-bond acceptors (Lipinski definition) is 4. The molecule has 1 heterocycles. The third kappa shape index (κ3) is 1.92. The second kappa shape index (κ2) is 4.21. The third-order valence-corrected chi connectivity index (χ3v) is 1.98. The monoisotopic (exact) mass is 191 g/mol. The first kappa shape index (κ1) is 9.18. The Morgan fingerprint density at radius 2 is 2.29 bits per heavy atom. The maximum Gasteiger partial charge on any atom is 0.135 e. The van der Waals surface area contributed by atoms with Gasteiger partial charge in [-0.15, -0.1) is 0 Å². The summed E-state index contributed by atoms with van der Waals surface area (Å²) in [5.74, 6) is 0. The summed E-state index contributed by atoms with van der Waals surface area (Å²) in [7, 11) is 0. The van der Waals surface area contributed by atoms with E-state index >= 15 is 0 Å². The molecule has 0 radical (unpaired) electrons. The van der Waals surface area contributed by atoms with Crippen molar-refractivity contribution in [3.8, 4) is 0 Å². The minimum absolute atomic E-state index is 0.520. The Bertz CT molecular complexity index is 416. The van der Waals surface area contributed by atoms with Crippen LogP contribution < -0.4 is 16.3 Å². The van der Waals surface area contributed by atoms with Crippen LogP contribution in [-0.2, 0) is 4.84 Å². The van der Waals surface area contributed by atoms with Crippen molar-refractivity contribution < 1.29 is 4.84 Å². The first-order chi connectivity index (χ1) is 6.90. The summed E-state index contributed by atoms with van der Waals surface area (Å²) in [6, 6.07) is 7.97. The highest BCUT2D eigenvalue weighted by molar-refractivity contribution is 5.22. The Morgan fingerprint density at radius 3 is 3.14 bits per heavy atom. The zero-order chi connectivity index (χ0) is 9.80. The Balaban J connectivity index is 2.21. The number of fused-ring (bicyclic) bond motifs is 1. The highest BCUT2D eigenvalue weighted by Gasteiger charge is 2.02. The quantitative estimate of drug-likeness (QED) is 0.681. The van der Waals surface area contributed by atoms with Crippen molar-refractivity contribution in [3.05, 3.63) is 34.8 Å². The predicted octanol–water partition coefficient (Wildman–Crippen LogP) is -0.792. The van der Waals surface area contributed by atoms with Crippen LogP contribution in [0.4, 0.5) is 0 Å². The summed E-state index contributed by atoms with van der Waals surface area (Å²) in [6.07, 6.45) is 1.94. The number of hydrogen-bond donors (Lipinski definition) is 1. The van der Waals surface area contributed by atoms with E-state index in [1.165, 1.54) is 0 Å². The largest absolute Gasteiger partial charge is 0.328 e. The molecule has 0 atom stereocenters. The molecule has 2 rings (SSSR count). The highest BCUT2D eigenvalue weighted by atomic mass is 16.7. The van der Waals surface area contributed by atoms with Gasteiger partial charge in [0.05, 0.1) is 12.0 Å². The number of para-hydroxylation sites is 1. The molecule has 0 saturated heterocycles. The van der Waals surface area contributed by atoms with E-state index in [1.807, 2.05) is 30.5 Å². The second-order valence-electron chi connectivity index (χ2n) is 3.03. The van der Waals surface area contributed by atoms with E-state index in [0.717, 1.165) is 10.6 Å². The Morgan fingerprint density at radius 1 is 1.43 bits per heavy atom. The molecule has 1 aliphatic rings. The van der Waals surface area contributed by atoms with Gasteiger partial charge >= 0.3 is 0 Å². The van der Waals surface area contributed by atoms with E-state index in [1.54, 1.807) is 5.06 Å². The van der Waals surface area contributed by atoms with Crippen LogP contribution in [0.25, 0.3) is 6.20 Å². The van der Waals surface area contributed by atoms with Gasteiger partial charge in [0.15, 0.2) is 0 Å². The van der Waals surface area contributed by atoms with Gasteiger partial charge in [-0.25, -0.2) is 5.06 Å². The maximum atomic E-state index is 5.35. The van der Waals surface area contributed by atoms with Gasteiger partial charge in [-0.2, -0.15) is 0 Å². The summed E-state index contributed by atoms with van der Waals surface area (Å²) in [5.41, 5.74) is 5.34. The number of nitrogens with two attached hydrogens (primary N) is 1. The minimum Gasteiger partial charge on any atom is -0.328 e. The number of benzene rings is 1. The first-order valence-electron chi connectivity index (χ1n) is 4.61. The fraction of sp³-hybridized carbons (Fsp3) is 0.300. The SMILES string of the molecule is NCCON1C=c2ccccc2=NC1. The molecule has 0 bridgehead atoms. The molecule has 1 aromatic rings. The summed E-state index contributed by atoms with van der Waals surface area (Å²) in [6.45, 7) is 1.58. The van der Waals surface area contributed by atoms with Crippen molar-refractivity contribution in [2.75, 3.05) is 19.8 Å². The standard InChI is InChI=1S/C10H13N3O/c11-5-6-14-13-7-9-3-1-2-4-10(9)12-8-13/h1-4,7H,5-6,8,11H2. The lowest BCUT2D eigenvalue weighted by Gasteiger charge is -2.19. The summed E-state index contributed by atoms with van der Waals surface area (Å²) in [5, 5.41) is 3.80. The Hall–Kier alpha value is -1.39. The zero-order valence-electron chi connectivity index (χ0n) is 7.89. The fourth-order valence-electron chi connectivity index (χ4n) is 1.33. The Kier molecular flexibility index (Phi) is 2.76. The van der Waals surface area contributed by atoms with Crippen molar-refractivity contribution in [2.45, 2.75) is 0 Å². The van der Waals surface area contributed by atoms with Gasteiger partial charge in [0.2, 0.25) is 0 Å². The van der Waals surface area contributed by atoms with Crippen LogP contribution >= 0.6 is 0 Å².